The summed E-state index contributed by atoms with van der Waals surface area (Å²) in [5.41, 5.74) is 0. The van der Waals surface area contributed by atoms with Gasteiger partial charge in [0.1, 0.15) is 6.04 Å². The van der Waals surface area contributed by atoms with Gasteiger partial charge in [-0.1, -0.05) is 0 Å². The summed E-state index contributed by atoms with van der Waals surface area (Å²) in [5, 5.41) is 8.69. The van der Waals surface area contributed by atoms with E-state index < -0.39 is 12.0 Å². The number of methoxy groups -OCH3 is 1. The molecule has 1 N–H and O–H groups in total. The molecule has 0 aromatic carbocycles. The number of carboxylic acid groups (broad SMARTS) is 1. The van der Waals surface area contributed by atoms with E-state index in [0.717, 1.165) is 0 Å². The van der Waals surface area contributed by atoms with Crippen LogP contribution in [0.25, 0.3) is 0 Å². The van der Waals surface area contributed by atoms with E-state index in [-0.39, 0.29) is 6.04 Å². The minimum absolute atomic E-state index is 0.126. The fourth-order valence-electron chi connectivity index (χ4n) is 0.915. The molecule has 0 aliphatic carbocycles. The topological polar surface area (TPSA) is 49.8 Å². The van der Waals surface area contributed by atoms with Gasteiger partial charge in [0.25, 0.3) is 0 Å². The molecule has 4 nitrogen and oxygen atoms in total. The summed E-state index contributed by atoms with van der Waals surface area (Å²) >= 11 is 0. The van der Waals surface area contributed by atoms with E-state index in [1.54, 1.807) is 26.0 Å². The molecular weight excluding hydrogens is 158 g/mol. The first-order valence-corrected chi connectivity index (χ1v) is 3.94. The average molecular weight is 175 g/mol. The lowest BCUT2D eigenvalue weighted by Crippen LogP contribution is -2.43. The van der Waals surface area contributed by atoms with Gasteiger partial charge in [-0.25, -0.2) is 0 Å². The molecule has 0 fully saturated rings. The molecule has 0 aromatic rings. The van der Waals surface area contributed by atoms with Gasteiger partial charge < -0.3 is 9.84 Å². The second kappa shape index (κ2) is 5.11. The molecule has 2 unspecified atom stereocenters. The summed E-state index contributed by atoms with van der Waals surface area (Å²) in [6.45, 7) is 4.14. The van der Waals surface area contributed by atoms with Crippen molar-refractivity contribution in [3.05, 3.63) is 0 Å². The molecule has 0 radical (unpaired) electrons. The van der Waals surface area contributed by atoms with Crippen molar-refractivity contribution in [2.45, 2.75) is 25.9 Å². The van der Waals surface area contributed by atoms with Crippen LogP contribution in [0.3, 0.4) is 0 Å². The van der Waals surface area contributed by atoms with Crippen molar-refractivity contribution >= 4 is 5.97 Å². The molecular formula is C8H17NO3. The summed E-state index contributed by atoms with van der Waals surface area (Å²) in [5.74, 6) is -0.805. The standard InChI is InChI=1S/C8H17NO3/c1-6(5-12-4)9(3)7(2)8(10)11/h6-7H,5H2,1-4H3,(H,10,11). The minimum Gasteiger partial charge on any atom is -0.480 e. The van der Waals surface area contributed by atoms with Gasteiger partial charge in [-0.05, 0) is 20.9 Å². The molecule has 0 saturated carbocycles. The number of ether oxygens (including phenoxy) is 1. The highest BCUT2D eigenvalue weighted by Gasteiger charge is 2.20. The Morgan fingerprint density at radius 2 is 2.08 bits per heavy atom. The zero-order chi connectivity index (χ0) is 9.72. The maximum atomic E-state index is 10.6. The van der Waals surface area contributed by atoms with Crippen LogP contribution < -0.4 is 0 Å². The van der Waals surface area contributed by atoms with Gasteiger partial charge in [-0.3, -0.25) is 9.69 Å². The largest absolute Gasteiger partial charge is 0.480 e. The first-order chi connectivity index (χ1) is 5.50. The van der Waals surface area contributed by atoms with Crippen LogP contribution in [0.5, 0.6) is 0 Å². The molecule has 0 bridgehead atoms. The molecule has 0 aromatic heterocycles. The fourth-order valence-corrected chi connectivity index (χ4v) is 0.915. The van der Waals surface area contributed by atoms with Crippen molar-refractivity contribution in [1.29, 1.82) is 0 Å². The number of nitrogens with zero attached hydrogens (tertiary/aromatic N) is 1. The van der Waals surface area contributed by atoms with Gasteiger partial charge >= 0.3 is 5.97 Å². The van der Waals surface area contributed by atoms with Gasteiger partial charge in [0.15, 0.2) is 0 Å². The van der Waals surface area contributed by atoms with E-state index >= 15 is 0 Å². The Morgan fingerprint density at radius 1 is 1.58 bits per heavy atom. The van der Waals surface area contributed by atoms with Gasteiger partial charge in [0, 0.05) is 13.2 Å². The normalized spacial score (nSPS) is 16.1. The first-order valence-electron chi connectivity index (χ1n) is 3.94. The summed E-state index contributed by atoms with van der Waals surface area (Å²) in [7, 11) is 3.39. The quantitative estimate of drug-likeness (QED) is 0.658. The minimum atomic E-state index is -0.805. The van der Waals surface area contributed by atoms with Crippen molar-refractivity contribution in [3.8, 4) is 0 Å². The van der Waals surface area contributed by atoms with Gasteiger partial charge in [-0.2, -0.15) is 0 Å². The second-order valence-electron chi connectivity index (χ2n) is 2.98. The van der Waals surface area contributed by atoms with Crippen LogP contribution in [0.15, 0.2) is 0 Å². The summed E-state index contributed by atoms with van der Waals surface area (Å²) in [4.78, 5) is 12.3. The number of hydrogen-bond acceptors (Lipinski definition) is 3. The van der Waals surface area contributed by atoms with E-state index in [1.807, 2.05) is 6.92 Å². The van der Waals surface area contributed by atoms with Crippen molar-refractivity contribution in [2.75, 3.05) is 20.8 Å². The number of likely N-dealkylation sites (N-methyl/N-ethyl adjacent to an activating group) is 1. The number of aliphatic carboxylic acids is 1. The van der Waals surface area contributed by atoms with Crippen LogP contribution in [0, 0.1) is 0 Å². The van der Waals surface area contributed by atoms with Crippen molar-refractivity contribution in [3.63, 3.8) is 0 Å². The van der Waals surface area contributed by atoms with E-state index in [4.69, 9.17) is 9.84 Å². The molecule has 0 heterocycles. The van der Waals surface area contributed by atoms with Crippen LogP contribution in [0.4, 0.5) is 0 Å². The van der Waals surface area contributed by atoms with Gasteiger partial charge in [-0.15, -0.1) is 0 Å². The third-order valence-electron chi connectivity index (χ3n) is 2.07. The number of carboxylic acids is 1. The highest BCUT2D eigenvalue weighted by Crippen LogP contribution is 2.02. The molecule has 0 aliphatic rings. The Bertz CT molecular complexity index is 149. The Labute approximate surface area is 73.1 Å². The van der Waals surface area contributed by atoms with E-state index in [1.165, 1.54) is 0 Å². The summed E-state index contributed by atoms with van der Waals surface area (Å²) < 4.78 is 4.92. The fraction of sp³-hybridized carbons (Fsp3) is 0.875. The molecule has 4 heteroatoms. The highest BCUT2D eigenvalue weighted by molar-refractivity contribution is 5.72. The SMILES string of the molecule is COCC(C)N(C)C(C)C(=O)O. The smallest absolute Gasteiger partial charge is 0.320 e. The zero-order valence-electron chi connectivity index (χ0n) is 8.07. The van der Waals surface area contributed by atoms with Crippen molar-refractivity contribution in [2.24, 2.45) is 0 Å². The van der Waals surface area contributed by atoms with Gasteiger partial charge in [0.2, 0.25) is 0 Å². The molecule has 0 spiro atoms. The highest BCUT2D eigenvalue weighted by atomic mass is 16.5. The van der Waals surface area contributed by atoms with Crippen LogP contribution in [-0.2, 0) is 9.53 Å². The monoisotopic (exact) mass is 175 g/mol. The molecule has 0 amide bonds. The van der Waals surface area contributed by atoms with E-state index in [9.17, 15) is 4.79 Å². The lowest BCUT2D eigenvalue weighted by Gasteiger charge is -2.27. The van der Waals surface area contributed by atoms with Crippen LogP contribution in [0.2, 0.25) is 0 Å². The number of hydrogen-bond donors (Lipinski definition) is 1. The third kappa shape index (κ3) is 3.19. The Morgan fingerprint density at radius 3 is 2.42 bits per heavy atom. The third-order valence-corrected chi connectivity index (χ3v) is 2.07. The number of carbonyl (C=O) groups is 1. The molecule has 12 heavy (non-hydrogen) atoms. The molecule has 2 atom stereocenters. The van der Waals surface area contributed by atoms with Crippen LogP contribution >= 0.6 is 0 Å². The predicted molar refractivity (Wildman–Crippen MR) is 46.2 cm³/mol. The Hall–Kier alpha value is -0.610. The van der Waals surface area contributed by atoms with E-state index in [0.29, 0.717) is 6.61 Å². The van der Waals surface area contributed by atoms with Crippen molar-refractivity contribution in [1.82, 2.24) is 4.90 Å². The maximum Gasteiger partial charge on any atom is 0.320 e. The van der Waals surface area contributed by atoms with Crippen LogP contribution in [-0.4, -0.2) is 48.8 Å². The van der Waals surface area contributed by atoms with Crippen molar-refractivity contribution < 1.29 is 14.6 Å². The number of rotatable bonds is 5. The summed E-state index contributed by atoms with van der Waals surface area (Å²) in [6, 6.07) is -0.337. The lowest BCUT2D eigenvalue weighted by molar-refractivity contribution is -0.143. The first kappa shape index (κ1) is 11.4. The molecule has 0 aliphatic heterocycles. The molecule has 0 saturated heterocycles. The molecule has 0 rings (SSSR count). The van der Waals surface area contributed by atoms with Gasteiger partial charge in [0.05, 0.1) is 6.61 Å². The van der Waals surface area contributed by atoms with E-state index in [2.05, 4.69) is 0 Å². The molecule has 72 valence electrons. The average Bonchev–Trinajstić information content (AvgIpc) is 2.02. The predicted octanol–water partition coefficient (Wildman–Crippen LogP) is 0.426. The Balaban J connectivity index is 3.99. The zero-order valence-corrected chi connectivity index (χ0v) is 8.07. The maximum absolute atomic E-state index is 10.6. The van der Waals surface area contributed by atoms with Crippen LogP contribution in [0.1, 0.15) is 13.8 Å². The summed E-state index contributed by atoms with van der Waals surface area (Å²) in [6.07, 6.45) is 0. The second-order valence-corrected chi connectivity index (χ2v) is 2.98. The lowest BCUT2D eigenvalue weighted by atomic mass is 10.2. The Kier molecular flexibility index (Phi) is 4.85.